The third-order valence-electron chi connectivity index (χ3n) is 5.60. The Kier molecular flexibility index (Phi) is 5.00. The van der Waals surface area contributed by atoms with E-state index in [1.54, 1.807) is 23.1 Å². The molecule has 0 atom stereocenters. The molecule has 5 nitrogen and oxygen atoms in total. The van der Waals surface area contributed by atoms with Crippen molar-refractivity contribution in [2.45, 2.75) is 12.8 Å². The van der Waals surface area contributed by atoms with Crippen LogP contribution in [-0.2, 0) is 11.2 Å². The van der Waals surface area contributed by atoms with E-state index in [2.05, 4.69) is 6.07 Å². The lowest BCUT2D eigenvalue weighted by Crippen LogP contribution is -2.38. The van der Waals surface area contributed by atoms with Gasteiger partial charge in [0, 0.05) is 18.3 Å². The number of ether oxygens (including phenoxy) is 1. The molecule has 0 radical (unpaired) electrons. The maximum Gasteiger partial charge on any atom is 0.264 e. The minimum absolute atomic E-state index is 0.0772. The molecule has 2 heterocycles. The van der Waals surface area contributed by atoms with Crippen molar-refractivity contribution in [2.75, 3.05) is 18.1 Å². The average Bonchev–Trinajstić information content (AvgIpc) is 2.83. The highest BCUT2D eigenvalue weighted by molar-refractivity contribution is 5.95. The predicted molar refractivity (Wildman–Crippen MR) is 121 cm³/mol. The molecule has 0 spiro atoms. The third-order valence-corrected chi connectivity index (χ3v) is 5.60. The molecule has 0 saturated heterocycles. The highest BCUT2D eigenvalue weighted by Crippen LogP contribution is 2.27. The second-order valence-electron chi connectivity index (χ2n) is 7.57. The standard InChI is InChI=1S/C26H21NO4/c28-25(27-14-6-10-19-9-4-5-11-23(19)27)17-30-20-12-13-21-24(15-20)31-16-22(26(21)29)18-7-2-1-3-8-18/h1-5,7-9,11-13,15-16H,6,10,14,17H2. The lowest BCUT2D eigenvalue weighted by atomic mass is 10.0. The molecule has 1 aliphatic heterocycles. The summed E-state index contributed by atoms with van der Waals surface area (Å²) in [5, 5.41) is 0.477. The topological polar surface area (TPSA) is 59.8 Å². The Balaban J connectivity index is 1.35. The second-order valence-corrected chi connectivity index (χ2v) is 7.57. The zero-order chi connectivity index (χ0) is 21.2. The summed E-state index contributed by atoms with van der Waals surface area (Å²) in [4.78, 5) is 27.4. The molecule has 5 heteroatoms. The van der Waals surface area contributed by atoms with Crippen LogP contribution >= 0.6 is 0 Å². The Bertz CT molecular complexity index is 1310. The maximum absolute atomic E-state index is 12.9. The van der Waals surface area contributed by atoms with Gasteiger partial charge in [0.1, 0.15) is 17.6 Å². The molecule has 0 aliphatic carbocycles. The Morgan fingerprint density at radius 1 is 1.00 bits per heavy atom. The van der Waals surface area contributed by atoms with Crippen molar-refractivity contribution in [2.24, 2.45) is 0 Å². The lowest BCUT2D eigenvalue weighted by Gasteiger charge is -2.29. The molecule has 1 aliphatic rings. The zero-order valence-corrected chi connectivity index (χ0v) is 16.9. The first kappa shape index (κ1) is 19.1. The van der Waals surface area contributed by atoms with Crippen molar-refractivity contribution in [3.05, 3.63) is 94.8 Å². The number of para-hydroxylation sites is 1. The normalized spacial score (nSPS) is 13.1. The number of carbonyl (C=O) groups is 1. The number of carbonyl (C=O) groups excluding carboxylic acids is 1. The summed E-state index contributed by atoms with van der Waals surface area (Å²) in [5.41, 5.74) is 3.80. The number of nitrogens with zero attached hydrogens (tertiary/aromatic N) is 1. The average molecular weight is 411 g/mol. The van der Waals surface area contributed by atoms with E-state index < -0.39 is 0 Å². The van der Waals surface area contributed by atoms with E-state index in [1.165, 1.54) is 11.8 Å². The summed E-state index contributed by atoms with van der Waals surface area (Å²) < 4.78 is 11.5. The van der Waals surface area contributed by atoms with Crippen LogP contribution in [0.5, 0.6) is 5.75 Å². The number of benzene rings is 3. The SMILES string of the molecule is O=C(COc1ccc2c(=O)c(-c3ccccc3)coc2c1)N1CCCc2ccccc21. The smallest absolute Gasteiger partial charge is 0.264 e. The molecule has 31 heavy (non-hydrogen) atoms. The van der Waals surface area contributed by atoms with Gasteiger partial charge in [-0.15, -0.1) is 0 Å². The summed E-state index contributed by atoms with van der Waals surface area (Å²) in [5.74, 6) is 0.398. The van der Waals surface area contributed by atoms with E-state index in [-0.39, 0.29) is 17.9 Å². The number of fused-ring (bicyclic) bond motifs is 2. The molecule has 0 N–H and O–H groups in total. The van der Waals surface area contributed by atoms with Crippen LogP contribution < -0.4 is 15.1 Å². The molecular weight excluding hydrogens is 390 g/mol. The summed E-state index contributed by atoms with van der Waals surface area (Å²) in [6.45, 7) is 0.611. The number of rotatable bonds is 4. The molecule has 1 amide bonds. The lowest BCUT2D eigenvalue weighted by molar-refractivity contribution is -0.120. The zero-order valence-electron chi connectivity index (χ0n) is 16.9. The van der Waals surface area contributed by atoms with Gasteiger partial charge in [0.05, 0.1) is 10.9 Å². The van der Waals surface area contributed by atoms with Gasteiger partial charge in [0.15, 0.2) is 12.0 Å². The predicted octanol–water partition coefficient (Wildman–Crippen LogP) is 4.82. The molecule has 0 fully saturated rings. The highest BCUT2D eigenvalue weighted by atomic mass is 16.5. The van der Waals surface area contributed by atoms with Crippen molar-refractivity contribution >= 4 is 22.6 Å². The van der Waals surface area contributed by atoms with Crippen molar-refractivity contribution in [3.63, 3.8) is 0 Å². The number of hydrogen-bond acceptors (Lipinski definition) is 4. The first-order valence-electron chi connectivity index (χ1n) is 10.3. The fourth-order valence-electron chi connectivity index (χ4n) is 4.03. The van der Waals surface area contributed by atoms with Gasteiger partial charge in [-0.3, -0.25) is 9.59 Å². The molecule has 1 aromatic heterocycles. The molecule has 4 aromatic rings. The van der Waals surface area contributed by atoms with Crippen LogP contribution in [0.4, 0.5) is 5.69 Å². The van der Waals surface area contributed by atoms with E-state index in [1.807, 2.05) is 48.5 Å². The van der Waals surface area contributed by atoms with Gasteiger partial charge in [-0.2, -0.15) is 0 Å². The van der Waals surface area contributed by atoms with Gasteiger partial charge < -0.3 is 14.1 Å². The van der Waals surface area contributed by atoms with Crippen LogP contribution in [0.25, 0.3) is 22.1 Å². The second kappa shape index (κ2) is 8.11. The quantitative estimate of drug-likeness (QED) is 0.483. The Morgan fingerprint density at radius 2 is 1.81 bits per heavy atom. The van der Waals surface area contributed by atoms with Gasteiger partial charge >= 0.3 is 0 Å². The first-order valence-corrected chi connectivity index (χ1v) is 10.3. The van der Waals surface area contributed by atoms with Crippen molar-refractivity contribution in [1.82, 2.24) is 0 Å². The van der Waals surface area contributed by atoms with Crippen molar-refractivity contribution in [3.8, 4) is 16.9 Å². The number of hydrogen-bond donors (Lipinski definition) is 0. The maximum atomic E-state index is 12.9. The first-order chi connectivity index (χ1) is 15.2. The van der Waals surface area contributed by atoms with Crippen molar-refractivity contribution < 1.29 is 13.9 Å². The Labute approximate surface area is 179 Å². The van der Waals surface area contributed by atoms with Crippen LogP contribution in [0, 0.1) is 0 Å². The number of aryl methyl sites for hydroxylation is 1. The van der Waals surface area contributed by atoms with Crippen LogP contribution in [0.15, 0.2) is 88.3 Å². The Morgan fingerprint density at radius 3 is 2.68 bits per heavy atom. The summed E-state index contributed by atoms with van der Waals surface area (Å²) >= 11 is 0. The van der Waals surface area contributed by atoms with Gasteiger partial charge in [-0.25, -0.2) is 0 Å². The minimum atomic E-state index is -0.0972. The van der Waals surface area contributed by atoms with Gasteiger partial charge in [0.25, 0.3) is 5.91 Å². The molecule has 0 bridgehead atoms. The van der Waals surface area contributed by atoms with E-state index in [0.29, 0.717) is 28.8 Å². The monoisotopic (exact) mass is 411 g/mol. The van der Waals surface area contributed by atoms with E-state index in [9.17, 15) is 9.59 Å². The molecule has 0 unspecified atom stereocenters. The molecule has 154 valence electrons. The molecule has 0 saturated carbocycles. The van der Waals surface area contributed by atoms with Crippen LogP contribution in [-0.4, -0.2) is 19.1 Å². The van der Waals surface area contributed by atoms with Crippen molar-refractivity contribution in [1.29, 1.82) is 0 Å². The number of amides is 1. The van der Waals surface area contributed by atoms with Gasteiger partial charge in [0.2, 0.25) is 0 Å². The summed E-state index contributed by atoms with van der Waals surface area (Å²) in [7, 11) is 0. The molecule has 5 rings (SSSR count). The van der Waals surface area contributed by atoms with Gasteiger partial charge in [-0.05, 0) is 42.2 Å². The largest absolute Gasteiger partial charge is 0.484 e. The number of anilines is 1. The molecular formula is C26H21NO4. The van der Waals surface area contributed by atoms with E-state index in [0.717, 1.165) is 24.1 Å². The van der Waals surface area contributed by atoms with Crippen LogP contribution in [0.3, 0.4) is 0 Å². The fraction of sp³-hybridized carbons (Fsp3) is 0.154. The Hall–Kier alpha value is -3.86. The van der Waals surface area contributed by atoms with E-state index in [4.69, 9.17) is 9.15 Å². The van der Waals surface area contributed by atoms with Gasteiger partial charge in [-0.1, -0.05) is 48.5 Å². The van der Waals surface area contributed by atoms with Crippen LogP contribution in [0.1, 0.15) is 12.0 Å². The van der Waals surface area contributed by atoms with E-state index >= 15 is 0 Å². The highest BCUT2D eigenvalue weighted by Gasteiger charge is 2.22. The molecule has 3 aromatic carbocycles. The van der Waals surface area contributed by atoms with Crippen LogP contribution in [0.2, 0.25) is 0 Å². The third kappa shape index (κ3) is 3.70. The minimum Gasteiger partial charge on any atom is -0.484 e. The summed E-state index contributed by atoms with van der Waals surface area (Å²) in [6, 6.07) is 22.4. The fourth-order valence-corrected chi connectivity index (χ4v) is 4.03. The summed E-state index contributed by atoms with van der Waals surface area (Å²) in [6.07, 6.45) is 3.39.